The predicted octanol–water partition coefficient (Wildman–Crippen LogP) is 2.87. The first-order chi connectivity index (χ1) is 11.6. The Hall–Kier alpha value is -2.46. The highest BCUT2D eigenvalue weighted by atomic mass is 16.2. The summed E-state index contributed by atoms with van der Waals surface area (Å²) in [6.45, 7) is 4.46. The monoisotopic (exact) mass is 320 g/mol. The standard InChI is InChI=1S/C20H20N2O2/c1-14-7-8-17-18(11-14)20(24)22(19(17)23)16-9-10-21(13-16)12-15-5-3-2-4-6-15/h2-8,11,16H,9-10,12-13H2,1H3. The summed E-state index contributed by atoms with van der Waals surface area (Å²) in [5, 5.41) is 0. The summed E-state index contributed by atoms with van der Waals surface area (Å²) >= 11 is 0. The fraction of sp³-hybridized carbons (Fsp3) is 0.300. The number of amides is 2. The number of aryl methyl sites for hydroxylation is 1. The molecule has 4 nitrogen and oxygen atoms in total. The fourth-order valence-corrected chi connectivity index (χ4v) is 3.71. The lowest BCUT2D eigenvalue weighted by molar-refractivity contribution is 0.0588. The minimum Gasteiger partial charge on any atom is -0.297 e. The lowest BCUT2D eigenvalue weighted by Gasteiger charge is -2.22. The Labute approximate surface area is 141 Å². The SMILES string of the molecule is Cc1ccc2c(c1)C(=O)N(C1CCN(Cc3ccccc3)C1)C2=O. The maximum Gasteiger partial charge on any atom is 0.261 e. The zero-order valence-electron chi connectivity index (χ0n) is 13.7. The number of fused-ring (bicyclic) bond motifs is 1. The summed E-state index contributed by atoms with van der Waals surface area (Å²) < 4.78 is 0. The van der Waals surface area contributed by atoms with Gasteiger partial charge in [-0.2, -0.15) is 0 Å². The van der Waals surface area contributed by atoms with Gasteiger partial charge >= 0.3 is 0 Å². The van der Waals surface area contributed by atoms with E-state index in [2.05, 4.69) is 17.0 Å². The third kappa shape index (κ3) is 2.53. The number of nitrogens with zero attached hydrogens (tertiary/aromatic N) is 2. The van der Waals surface area contributed by atoms with Gasteiger partial charge in [0.2, 0.25) is 0 Å². The minimum absolute atomic E-state index is 0.0265. The number of imide groups is 1. The van der Waals surface area contributed by atoms with Gasteiger partial charge in [-0.3, -0.25) is 19.4 Å². The van der Waals surface area contributed by atoms with Crippen molar-refractivity contribution < 1.29 is 9.59 Å². The van der Waals surface area contributed by atoms with Crippen molar-refractivity contribution in [1.82, 2.24) is 9.80 Å². The van der Waals surface area contributed by atoms with E-state index < -0.39 is 0 Å². The first-order valence-electron chi connectivity index (χ1n) is 8.38. The van der Waals surface area contributed by atoms with Gasteiger partial charge < -0.3 is 0 Å². The zero-order chi connectivity index (χ0) is 16.7. The summed E-state index contributed by atoms with van der Waals surface area (Å²) in [7, 11) is 0. The van der Waals surface area contributed by atoms with Gasteiger partial charge in [-0.15, -0.1) is 0 Å². The molecule has 0 radical (unpaired) electrons. The Morgan fingerprint density at radius 3 is 2.54 bits per heavy atom. The van der Waals surface area contributed by atoms with Gasteiger partial charge in [-0.05, 0) is 31.0 Å². The molecule has 4 heteroatoms. The molecule has 0 bridgehead atoms. The topological polar surface area (TPSA) is 40.6 Å². The van der Waals surface area contributed by atoms with Crippen LogP contribution in [0, 0.1) is 6.92 Å². The molecule has 1 unspecified atom stereocenters. The number of hydrogen-bond acceptors (Lipinski definition) is 3. The molecule has 0 saturated carbocycles. The summed E-state index contributed by atoms with van der Waals surface area (Å²) in [5.74, 6) is -0.271. The third-order valence-electron chi connectivity index (χ3n) is 4.94. The smallest absolute Gasteiger partial charge is 0.261 e. The molecular weight excluding hydrogens is 300 g/mol. The van der Waals surface area contributed by atoms with Crippen LogP contribution in [0.4, 0.5) is 0 Å². The molecular formula is C20H20N2O2. The fourth-order valence-electron chi connectivity index (χ4n) is 3.71. The van der Waals surface area contributed by atoms with Crippen LogP contribution in [0.15, 0.2) is 48.5 Å². The van der Waals surface area contributed by atoms with Gasteiger partial charge in [-0.25, -0.2) is 0 Å². The van der Waals surface area contributed by atoms with E-state index in [0.29, 0.717) is 11.1 Å². The van der Waals surface area contributed by atoms with Crippen LogP contribution in [0.25, 0.3) is 0 Å². The molecule has 1 saturated heterocycles. The Morgan fingerprint density at radius 1 is 1.00 bits per heavy atom. The molecule has 2 aliphatic rings. The van der Waals surface area contributed by atoms with Crippen molar-refractivity contribution in [2.24, 2.45) is 0 Å². The lowest BCUT2D eigenvalue weighted by Crippen LogP contribution is -2.41. The first kappa shape index (κ1) is 15.1. The second-order valence-corrected chi connectivity index (χ2v) is 6.69. The predicted molar refractivity (Wildman–Crippen MR) is 91.8 cm³/mol. The Kier molecular flexibility index (Phi) is 3.69. The van der Waals surface area contributed by atoms with Crippen LogP contribution in [-0.2, 0) is 6.54 Å². The highest BCUT2D eigenvalue weighted by Gasteiger charge is 2.42. The molecule has 2 aliphatic heterocycles. The van der Waals surface area contributed by atoms with Crippen LogP contribution in [0.3, 0.4) is 0 Å². The number of carbonyl (C=O) groups is 2. The third-order valence-corrected chi connectivity index (χ3v) is 4.94. The second kappa shape index (κ2) is 5.87. The average molecular weight is 320 g/mol. The number of likely N-dealkylation sites (tertiary alicyclic amines) is 1. The Morgan fingerprint density at radius 2 is 1.75 bits per heavy atom. The number of carbonyl (C=O) groups excluding carboxylic acids is 2. The van der Waals surface area contributed by atoms with E-state index in [9.17, 15) is 9.59 Å². The van der Waals surface area contributed by atoms with E-state index in [4.69, 9.17) is 0 Å². The van der Waals surface area contributed by atoms with Gasteiger partial charge in [0.05, 0.1) is 17.2 Å². The molecule has 2 heterocycles. The van der Waals surface area contributed by atoms with Gasteiger partial charge in [0.15, 0.2) is 0 Å². The maximum atomic E-state index is 12.7. The molecule has 0 aromatic heterocycles. The average Bonchev–Trinajstić information content (AvgIpc) is 3.12. The van der Waals surface area contributed by atoms with E-state index in [-0.39, 0.29) is 17.9 Å². The summed E-state index contributed by atoms with van der Waals surface area (Å²) in [6.07, 6.45) is 0.845. The van der Waals surface area contributed by atoms with Crippen LogP contribution in [0.1, 0.15) is 38.3 Å². The molecule has 0 spiro atoms. The highest BCUT2D eigenvalue weighted by Crippen LogP contribution is 2.29. The maximum absolute atomic E-state index is 12.7. The molecule has 2 aromatic rings. The molecule has 2 aromatic carbocycles. The minimum atomic E-state index is -0.137. The largest absolute Gasteiger partial charge is 0.297 e. The Balaban J connectivity index is 1.50. The van der Waals surface area contributed by atoms with Crippen LogP contribution in [0.5, 0.6) is 0 Å². The van der Waals surface area contributed by atoms with Crippen molar-refractivity contribution in [2.45, 2.75) is 25.9 Å². The van der Waals surface area contributed by atoms with E-state index in [0.717, 1.165) is 31.6 Å². The van der Waals surface area contributed by atoms with Crippen molar-refractivity contribution in [1.29, 1.82) is 0 Å². The molecule has 24 heavy (non-hydrogen) atoms. The molecule has 1 atom stereocenters. The van der Waals surface area contributed by atoms with Crippen molar-refractivity contribution >= 4 is 11.8 Å². The van der Waals surface area contributed by atoms with E-state index in [1.165, 1.54) is 10.5 Å². The van der Waals surface area contributed by atoms with E-state index in [1.54, 1.807) is 6.07 Å². The number of rotatable bonds is 3. The molecule has 0 N–H and O–H groups in total. The molecule has 0 aliphatic carbocycles. The van der Waals surface area contributed by atoms with E-state index in [1.807, 2.05) is 37.3 Å². The van der Waals surface area contributed by atoms with Crippen LogP contribution >= 0.6 is 0 Å². The van der Waals surface area contributed by atoms with Gasteiger partial charge in [0.25, 0.3) is 11.8 Å². The molecule has 2 amide bonds. The number of benzene rings is 2. The molecule has 4 rings (SSSR count). The highest BCUT2D eigenvalue weighted by molar-refractivity contribution is 6.21. The summed E-state index contributed by atoms with van der Waals surface area (Å²) in [4.78, 5) is 29.2. The zero-order valence-corrected chi connectivity index (χ0v) is 13.7. The second-order valence-electron chi connectivity index (χ2n) is 6.69. The van der Waals surface area contributed by atoms with Gasteiger partial charge in [0.1, 0.15) is 0 Å². The van der Waals surface area contributed by atoms with Crippen LogP contribution in [-0.4, -0.2) is 40.7 Å². The van der Waals surface area contributed by atoms with Gasteiger partial charge in [-0.1, -0.05) is 42.0 Å². The van der Waals surface area contributed by atoms with E-state index >= 15 is 0 Å². The Bertz CT molecular complexity index is 801. The lowest BCUT2D eigenvalue weighted by atomic mass is 10.1. The number of hydrogen-bond donors (Lipinski definition) is 0. The quantitative estimate of drug-likeness (QED) is 0.817. The normalized spacial score (nSPS) is 20.7. The molecule has 1 fully saturated rings. The first-order valence-corrected chi connectivity index (χ1v) is 8.38. The summed E-state index contributed by atoms with van der Waals surface area (Å²) in [6, 6.07) is 15.8. The van der Waals surface area contributed by atoms with Crippen LogP contribution in [0.2, 0.25) is 0 Å². The van der Waals surface area contributed by atoms with Crippen molar-refractivity contribution in [3.63, 3.8) is 0 Å². The van der Waals surface area contributed by atoms with Crippen molar-refractivity contribution in [3.8, 4) is 0 Å². The van der Waals surface area contributed by atoms with Crippen molar-refractivity contribution in [2.75, 3.05) is 13.1 Å². The van der Waals surface area contributed by atoms with Crippen LogP contribution < -0.4 is 0 Å². The summed E-state index contributed by atoms with van der Waals surface area (Å²) in [5.41, 5.74) is 3.37. The van der Waals surface area contributed by atoms with Gasteiger partial charge in [0, 0.05) is 19.6 Å². The molecule has 122 valence electrons. The van der Waals surface area contributed by atoms with Crippen molar-refractivity contribution in [3.05, 3.63) is 70.8 Å².